The van der Waals surface area contributed by atoms with Gasteiger partial charge in [-0.15, -0.1) is 0 Å². The molecule has 0 amide bonds. The highest BCUT2D eigenvalue weighted by Gasteiger charge is 2.32. The lowest BCUT2D eigenvalue weighted by atomic mass is 10.2. The van der Waals surface area contributed by atoms with Gasteiger partial charge < -0.3 is 16.0 Å². The standard InChI is InChI=1S/C13H20F3N5/c1-20-4-6-21(7-5-20)3-2-18-11-8-12(13(14,15)16)19-9-10(11)17/h8-9H,2-7,17H2,1H3,(H,18,19). The van der Waals surface area contributed by atoms with Gasteiger partial charge in [0.2, 0.25) is 0 Å². The van der Waals surface area contributed by atoms with E-state index >= 15 is 0 Å². The van der Waals surface area contributed by atoms with Crippen molar-refractivity contribution in [1.82, 2.24) is 14.8 Å². The van der Waals surface area contributed by atoms with Crippen molar-refractivity contribution in [3.05, 3.63) is 18.0 Å². The Kier molecular flexibility index (Phi) is 4.89. The molecule has 5 nitrogen and oxygen atoms in total. The Morgan fingerprint density at radius 3 is 2.57 bits per heavy atom. The number of pyridine rings is 1. The molecule has 1 fully saturated rings. The number of nitrogens with zero attached hydrogens (tertiary/aromatic N) is 3. The average molecular weight is 303 g/mol. The molecule has 0 bridgehead atoms. The van der Waals surface area contributed by atoms with Crippen molar-refractivity contribution in [1.29, 1.82) is 0 Å². The van der Waals surface area contributed by atoms with E-state index in [9.17, 15) is 13.2 Å². The quantitative estimate of drug-likeness (QED) is 0.879. The molecule has 0 aliphatic carbocycles. The Bertz CT molecular complexity index is 469. The van der Waals surface area contributed by atoms with Crippen LogP contribution in [-0.4, -0.2) is 61.1 Å². The molecule has 21 heavy (non-hydrogen) atoms. The zero-order valence-electron chi connectivity index (χ0n) is 12.0. The second-order valence-electron chi connectivity index (χ2n) is 5.23. The van der Waals surface area contributed by atoms with Crippen LogP contribution in [0.3, 0.4) is 0 Å². The molecule has 1 aliphatic rings. The fraction of sp³-hybridized carbons (Fsp3) is 0.615. The van der Waals surface area contributed by atoms with Crippen LogP contribution < -0.4 is 11.1 Å². The normalized spacial score (nSPS) is 17.9. The van der Waals surface area contributed by atoms with E-state index in [1.54, 1.807) is 0 Å². The van der Waals surface area contributed by atoms with Crippen molar-refractivity contribution in [2.45, 2.75) is 6.18 Å². The van der Waals surface area contributed by atoms with Gasteiger partial charge in [0, 0.05) is 39.3 Å². The van der Waals surface area contributed by atoms with Crippen LogP contribution in [0.15, 0.2) is 12.3 Å². The zero-order chi connectivity index (χ0) is 15.5. The molecular weight excluding hydrogens is 283 g/mol. The number of alkyl halides is 3. The Hall–Kier alpha value is -1.54. The van der Waals surface area contributed by atoms with Crippen molar-refractivity contribution in [3.8, 4) is 0 Å². The number of rotatable bonds is 4. The van der Waals surface area contributed by atoms with E-state index in [2.05, 4.69) is 27.1 Å². The van der Waals surface area contributed by atoms with E-state index in [4.69, 9.17) is 5.73 Å². The lowest BCUT2D eigenvalue weighted by Gasteiger charge is -2.32. The predicted octanol–water partition coefficient (Wildman–Crippen LogP) is 1.34. The fourth-order valence-electron chi connectivity index (χ4n) is 2.19. The third-order valence-electron chi connectivity index (χ3n) is 3.56. The number of likely N-dealkylation sites (N-methyl/N-ethyl adjacent to an activating group) is 1. The van der Waals surface area contributed by atoms with Gasteiger partial charge in [0.05, 0.1) is 17.6 Å². The highest BCUT2D eigenvalue weighted by Crippen LogP contribution is 2.30. The Labute approximate surface area is 121 Å². The molecule has 1 saturated heterocycles. The van der Waals surface area contributed by atoms with Crippen LogP contribution >= 0.6 is 0 Å². The van der Waals surface area contributed by atoms with Crippen LogP contribution in [-0.2, 0) is 6.18 Å². The van der Waals surface area contributed by atoms with Gasteiger partial charge >= 0.3 is 6.18 Å². The first-order valence-corrected chi connectivity index (χ1v) is 6.84. The summed E-state index contributed by atoms with van der Waals surface area (Å²) in [4.78, 5) is 7.83. The van der Waals surface area contributed by atoms with E-state index < -0.39 is 11.9 Å². The Balaban J connectivity index is 1.88. The molecule has 1 aromatic rings. The van der Waals surface area contributed by atoms with Crippen molar-refractivity contribution >= 4 is 11.4 Å². The summed E-state index contributed by atoms with van der Waals surface area (Å²) < 4.78 is 37.8. The van der Waals surface area contributed by atoms with Crippen molar-refractivity contribution in [2.75, 3.05) is 57.4 Å². The van der Waals surface area contributed by atoms with Crippen molar-refractivity contribution < 1.29 is 13.2 Å². The SMILES string of the molecule is CN1CCN(CCNc2cc(C(F)(F)F)ncc2N)CC1. The molecular formula is C13H20F3N5. The highest BCUT2D eigenvalue weighted by atomic mass is 19.4. The van der Waals surface area contributed by atoms with Crippen molar-refractivity contribution in [3.63, 3.8) is 0 Å². The van der Waals surface area contributed by atoms with Crippen LogP contribution in [0.2, 0.25) is 0 Å². The molecule has 8 heteroatoms. The molecule has 0 aromatic carbocycles. The molecule has 118 valence electrons. The molecule has 0 unspecified atom stereocenters. The first-order chi connectivity index (χ1) is 9.86. The van der Waals surface area contributed by atoms with Gasteiger partial charge in [0.25, 0.3) is 0 Å². The summed E-state index contributed by atoms with van der Waals surface area (Å²) in [7, 11) is 2.08. The highest BCUT2D eigenvalue weighted by molar-refractivity contribution is 5.65. The first kappa shape index (κ1) is 15.8. The number of halogens is 3. The third kappa shape index (κ3) is 4.47. The predicted molar refractivity (Wildman–Crippen MR) is 76.1 cm³/mol. The fourth-order valence-corrected chi connectivity index (χ4v) is 2.19. The topological polar surface area (TPSA) is 57.4 Å². The average Bonchev–Trinajstić information content (AvgIpc) is 2.42. The maximum atomic E-state index is 12.6. The van der Waals surface area contributed by atoms with Crippen molar-refractivity contribution in [2.24, 2.45) is 0 Å². The summed E-state index contributed by atoms with van der Waals surface area (Å²) in [6.07, 6.45) is -3.41. The van der Waals surface area contributed by atoms with Crippen LogP contribution in [0.5, 0.6) is 0 Å². The van der Waals surface area contributed by atoms with Crippen LogP contribution in [0.25, 0.3) is 0 Å². The monoisotopic (exact) mass is 303 g/mol. The van der Waals surface area contributed by atoms with Gasteiger partial charge in [0.1, 0.15) is 5.69 Å². The van der Waals surface area contributed by atoms with E-state index in [-0.39, 0.29) is 11.4 Å². The van der Waals surface area contributed by atoms with Crippen LogP contribution in [0.1, 0.15) is 5.69 Å². The molecule has 1 aromatic heterocycles. The van der Waals surface area contributed by atoms with Gasteiger partial charge in [-0.2, -0.15) is 13.2 Å². The third-order valence-corrected chi connectivity index (χ3v) is 3.56. The molecule has 2 heterocycles. The van der Waals surface area contributed by atoms with Gasteiger partial charge in [0.15, 0.2) is 0 Å². The minimum absolute atomic E-state index is 0.223. The number of nitrogens with one attached hydrogen (secondary N) is 1. The minimum Gasteiger partial charge on any atom is -0.396 e. The summed E-state index contributed by atoms with van der Waals surface area (Å²) in [5.41, 5.74) is 5.23. The summed E-state index contributed by atoms with van der Waals surface area (Å²) in [5, 5.41) is 2.96. The molecule has 1 aliphatic heterocycles. The number of aromatic nitrogens is 1. The van der Waals surface area contributed by atoms with Crippen LogP contribution in [0, 0.1) is 0 Å². The maximum absolute atomic E-state index is 12.6. The number of nitrogen functional groups attached to an aromatic ring is 1. The smallest absolute Gasteiger partial charge is 0.396 e. The van der Waals surface area contributed by atoms with Crippen LogP contribution in [0.4, 0.5) is 24.5 Å². The molecule has 2 rings (SSSR count). The van der Waals surface area contributed by atoms with E-state index in [0.29, 0.717) is 6.54 Å². The van der Waals surface area contributed by atoms with E-state index in [1.807, 2.05) is 0 Å². The van der Waals surface area contributed by atoms with Gasteiger partial charge in [-0.05, 0) is 13.1 Å². The summed E-state index contributed by atoms with van der Waals surface area (Å²) in [6, 6.07) is 0.958. The number of hydrogen-bond donors (Lipinski definition) is 2. The minimum atomic E-state index is -4.46. The van der Waals surface area contributed by atoms with Gasteiger partial charge in [-0.25, -0.2) is 4.98 Å². The lowest BCUT2D eigenvalue weighted by Crippen LogP contribution is -2.45. The lowest BCUT2D eigenvalue weighted by molar-refractivity contribution is -0.141. The molecule has 0 atom stereocenters. The first-order valence-electron chi connectivity index (χ1n) is 6.84. The molecule has 0 saturated carbocycles. The number of piperazine rings is 1. The molecule has 3 N–H and O–H groups in total. The maximum Gasteiger partial charge on any atom is 0.433 e. The van der Waals surface area contributed by atoms with E-state index in [1.165, 1.54) is 0 Å². The number of nitrogens with two attached hydrogens (primary N) is 1. The number of hydrogen-bond acceptors (Lipinski definition) is 5. The summed E-state index contributed by atoms with van der Waals surface area (Å²) >= 11 is 0. The number of anilines is 2. The largest absolute Gasteiger partial charge is 0.433 e. The van der Waals surface area contributed by atoms with Gasteiger partial charge in [-0.1, -0.05) is 0 Å². The summed E-state index contributed by atoms with van der Waals surface area (Å²) in [5.74, 6) is 0. The second-order valence-corrected chi connectivity index (χ2v) is 5.23. The summed E-state index contributed by atoms with van der Waals surface area (Å²) in [6.45, 7) is 5.28. The second kappa shape index (κ2) is 6.48. The zero-order valence-corrected chi connectivity index (χ0v) is 12.0. The van der Waals surface area contributed by atoms with E-state index in [0.717, 1.165) is 45.0 Å². The Morgan fingerprint density at radius 2 is 1.95 bits per heavy atom. The Morgan fingerprint density at radius 1 is 1.29 bits per heavy atom. The molecule has 0 spiro atoms. The molecule has 0 radical (unpaired) electrons. The van der Waals surface area contributed by atoms with Gasteiger partial charge in [-0.3, -0.25) is 4.90 Å².